The summed E-state index contributed by atoms with van der Waals surface area (Å²) in [6, 6.07) is 10.6. The van der Waals surface area contributed by atoms with Crippen molar-refractivity contribution in [2.45, 2.75) is 32.0 Å². The molecule has 0 aliphatic carbocycles. The summed E-state index contributed by atoms with van der Waals surface area (Å²) in [6.45, 7) is 3.93. The largest absolute Gasteiger partial charge is 0.483 e. The van der Waals surface area contributed by atoms with Crippen LogP contribution in [-0.4, -0.2) is 62.4 Å². The number of ether oxygens (including phenoxy) is 1. The van der Waals surface area contributed by atoms with E-state index in [1.807, 2.05) is 29.2 Å². The quantitative estimate of drug-likeness (QED) is 0.453. The molecule has 2 unspecified atom stereocenters. The normalized spacial score (nSPS) is 19.6. The van der Waals surface area contributed by atoms with Crippen molar-refractivity contribution in [3.05, 3.63) is 48.5 Å². The molecule has 1 aromatic carbocycles. The van der Waals surface area contributed by atoms with Gasteiger partial charge in [-0.2, -0.15) is 0 Å². The van der Waals surface area contributed by atoms with Crippen LogP contribution in [0.1, 0.15) is 19.1 Å². The van der Waals surface area contributed by atoms with Gasteiger partial charge >= 0.3 is 0 Å². The number of carbonyl (C=O) groups is 2. The fraction of sp³-hybridized carbons (Fsp3) is 0.304. The molecule has 4 aromatic rings. The van der Waals surface area contributed by atoms with Crippen molar-refractivity contribution >= 4 is 44.9 Å². The van der Waals surface area contributed by atoms with Gasteiger partial charge in [-0.15, -0.1) is 0 Å². The lowest BCUT2D eigenvalue weighted by molar-refractivity contribution is -0.131. The van der Waals surface area contributed by atoms with Gasteiger partial charge < -0.3 is 19.2 Å². The molecule has 2 saturated heterocycles. The van der Waals surface area contributed by atoms with Gasteiger partial charge in [0.2, 0.25) is 5.91 Å². The van der Waals surface area contributed by atoms with E-state index in [0.717, 1.165) is 58.8 Å². The van der Waals surface area contributed by atoms with Gasteiger partial charge in [0.25, 0.3) is 11.7 Å². The van der Waals surface area contributed by atoms with Gasteiger partial charge in [0, 0.05) is 43.7 Å². The first-order valence-electron chi connectivity index (χ1n) is 10.5. The van der Waals surface area contributed by atoms with E-state index in [4.69, 9.17) is 19.1 Å². The Kier molecular flexibility index (Phi) is 5.69. The number of carbonyl (C=O) groups excluding carboxylic acids is 1. The van der Waals surface area contributed by atoms with E-state index in [2.05, 4.69) is 20.9 Å². The highest BCUT2D eigenvalue weighted by atomic mass is 32.1. The van der Waals surface area contributed by atoms with Crippen LogP contribution in [0.15, 0.2) is 47.1 Å². The Morgan fingerprint density at radius 3 is 2.88 bits per heavy atom. The van der Waals surface area contributed by atoms with E-state index in [1.54, 1.807) is 19.3 Å². The molecule has 1 amide bonds. The van der Waals surface area contributed by atoms with E-state index in [1.165, 1.54) is 11.3 Å². The molecule has 10 heteroatoms. The Balaban J connectivity index is 0.000000724. The highest BCUT2D eigenvalue weighted by Gasteiger charge is 2.44. The predicted octanol–water partition coefficient (Wildman–Crippen LogP) is 3.74. The zero-order chi connectivity index (χ0) is 22.9. The molecule has 0 radical (unpaired) electrons. The van der Waals surface area contributed by atoms with Crippen LogP contribution in [0, 0.1) is 0 Å². The second-order valence-corrected chi connectivity index (χ2v) is 9.08. The molecular weight excluding hydrogens is 444 g/mol. The number of likely N-dealkylation sites (tertiary alicyclic amines) is 2. The summed E-state index contributed by atoms with van der Waals surface area (Å²) < 4.78 is 13.1. The lowest BCUT2D eigenvalue weighted by Crippen LogP contribution is -2.47. The van der Waals surface area contributed by atoms with E-state index in [-0.39, 0.29) is 12.4 Å². The third kappa shape index (κ3) is 4.27. The number of amides is 1. The molecule has 1 N–H and O–H groups in total. The second-order valence-electron chi connectivity index (χ2n) is 8.09. The van der Waals surface area contributed by atoms with Crippen molar-refractivity contribution in [1.82, 2.24) is 19.8 Å². The molecule has 0 spiro atoms. The molecule has 0 saturated carbocycles. The number of nitrogens with zero attached hydrogens (tertiary/aromatic N) is 4. The smallest absolute Gasteiger partial charge is 0.290 e. The molecule has 9 nitrogen and oxygen atoms in total. The molecule has 5 heterocycles. The number of pyridine rings is 1. The summed E-state index contributed by atoms with van der Waals surface area (Å²) >= 11 is 1.50. The Bertz CT molecular complexity index is 1290. The van der Waals surface area contributed by atoms with Crippen molar-refractivity contribution in [3.8, 4) is 10.9 Å². The van der Waals surface area contributed by atoms with Crippen LogP contribution in [-0.2, 0) is 16.1 Å². The van der Waals surface area contributed by atoms with Gasteiger partial charge in [-0.3, -0.25) is 19.5 Å². The Morgan fingerprint density at radius 1 is 1.30 bits per heavy atom. The number of thiazole rings is 1. The fourth-order valence-electron chi connectivity index (χ4n) is 4.65. The van der Waals surface area contributed by atoms with Gasteiger partial charge in [-0.05, 0) is 36.8 Å². The van der Waals surface area contributed by atoms with Gasteiger partial charge in [0.15, 0.2) is 0 Å². The SMILES string of the molecule is CC(=O)N1CC2CC1CN2Cc1cc2cc(Oc3nc4cnccc4s3)ccc2o1.O=CO. The number of piperazine rings is 1. The van der Waals surface area contributed by atoms with Crippen molar-refractivity contribution in [3.63, 3.8) is 0 Å². The summed E-state index contributed by atoms with van der Waals surface area (Å²) in [5.41, 5.74) is 1.69. The lowest BCUT2D eigenvalue weighted by Gasteiger charge is -2.33. The number of hydrogen-bond acceptors (Lipinski definition) is 8. The van der Waals surface area contributed by atoms with Crippen molar-refractivity contribution in [1.29, 1.82) is 0 Å². The predicted molar refractivity (Wildman–Crippen MR) is 122 cm³/mol. The highest BCUT2D eigenvalue weighted by Crippen LogP contribution is 2.35. The number of aromatic nitrogens is 2. The van der Waals surface area contributed by atoms with Crippen LogP contribution >= 0.6 is 11.3 Å². The maximum Gasteiger partial charge on any atom is 0.290 e. The molecule has 6 rings (SSSR count). The van der Waals surface area contributed by atoms with E-state index in [0.29, 0.717) is 17.3 Å². The Hall–Kier alpha value is -3.50. The van der Waals surface area contributed by atoms with Crippen LogP contribution in [0.5, 0.6) is 10.9 Å². The molecule has 2 aliphatic heterocycles. The molecule has 2 aliphatic rings. The minimum absolute atomic E-state index is 0.183. The zero-order valence-electron chi connectivity index (χ0n) is 17.9. The summed E-state index contributed by atoms with van der Waals surface area (Å²) in [5, 5.41) is 8.50. The number of rotatable bonds is 4. The molecule has 33 heavy (non-hydrogen) atoms. The van der Waals surface area contributed by atoms with Crippen LogP contribution in [0.25, 0.3) is 21.2 Å². The van der Waals surface area contributed by atoms with Crippen molar-refractivity contribution < 1.29 is 23.8 Å². The van der Waals surface area contributed by atoms with Gasteiger partial charge in [0.1, 0.15) is 22.6 Å². The first-order chi connectivity index (χ1) is 16.0. The molecule has 2 bridgehead atoms. The average molecular weight is 467 g/mol. The first-order valence-corrected chi connectivity index (χ1v) is 11.4. The van der Waals surface area contributed by atoms with Gasteiger partial charge in [0.05, 0.1) is 17.4 Å². The summed E-state index contributed by atoms with van der Waals surface area (Å²) in [5.74, 6) is 1.86. The Morgan fingerprint density at radius 2 is 2.15 bits per heavy atom. The first kappa shape index (κ1) is 21.4. The average Bonchev–Trinajstić information content (AvgIpc) is 3.55. The second kappa shape index (κ2) is 8.80. The van der Waals surface area contributed by atoms with Crippen LogP contribution < -0.4 is 4.74 Å². The van der Waals surface area contributed by atoms with Gasteiger partial charge in [-0.25, -0.2) is 4.98 Å². The number of hydrogen-bond donors (Lipinski definition) is 1. The minimum Gasteiger partial charge on any atom is -0.483 e. The van der Waals surface area contributed by atoms with Crippen LogP contribution in [0.2, 0.25) is 0 Å². The summed E-state index contributed by atoms with van der Waals surface area (Å²) in [6.07, 6.45) is 4.56. The van der Waals surface area contributed by atoms with E-state index >= 15 is 0 Å². The number of furan rings is 1. The monoisotopic (exact) mass is 466 g/mol. The highest BCUT2D eigenvalue weighted by molar-refractivity contribution is 7.20. The maximum atomic E-state index is 11.7. The third-order valence-electron chi connectivity index (χ3n) is 6.03. The summed E-state index contributed by atoms with van der Waals surface area (Å²) in [7, 11) is 0. The molecule has 2 atom stereocenters. The van der Waals surface area contributed by atoms with Crippen LogP contribution in [0.4, 0.5) is 0 Å². The van der Waals surface area contributed by atoms with Crippen molar-refractivity contribution in [2.24, 2.45) is 0 Å². The molecule has 170 valence electrons. The summed E-state index contributed by atoms with van der Waals surface area (Å²) in [4.78, 5) is 33.1. The standard InChI is InChI=1S/C22H20N4O3S.CH2O2/c1-13(27)26-11-15-8-16(26)10-25(15)12-18-7-14-6-17(2-3-20(14)28-18)29-22-24-19-9-23-5-4-21(19)30-22;2-1-3/h2-7,9,15-16H,8,10-12H2,1H3;1H,(H,2,3). The fourth-order valence-corrected chi connectivity index (χ4v) is 5.45. The number of fused-ring (bicyclic) bond motifs is 4. The van der Waals surface area contributed by atoms with Crippen LogP contribution in [0.3, 0.4) is 0 Å². The minimum atomic E-state index is -0.250. The zero-order valence-corrected chi connectivity index (χ0v) is 18.7. The van der Waals surface area contributed by atoms with E-state index < -0.39 is 0 Å². The topological polar surface area (TPSA) is 109 Å². The van der Waals surface area contributed by atoms with Gasteiger partial charge in [-0.1, -0.05) is 11.3 Å². The lowest BCUT2D eigenvalue weighted by atomic mass is 10.2. The molecular formula is C23H22N4O5S. The third-order valence-corrected chi connectivity index (χ3v) is 6.95. The number of benzene rings is 1. The maximum absolute atomic E-state index is 11.7. The number of carboxylic acid groups (broad SMARTS) is 1. The molecule has 3 aromatic heterocycles. The Labute approximate surface area is 193 Å². The molecule has 2 fully saturated rings. The van der Waals surface area contributed by atoms with Crippen molar-refractivity contribution in [2.75, 3.05) is 13.1 Å². The van der Waals surface area contributed by atoms with E-state index in [9.17, 15) is 4.79 Å².